The van der Waals surface area contributed by atoms with Crippen LogP contribution in [0.5, 0.6) is 11.5 Å². The molecule has 3 rings (SSSR count). The van der Waals surface area contributed by atoms with E-state index < -0.39 is 0 Å². The van der Waals surface area contributed by atoms with Crippen molar-refractivity contribution in [2.45, 2.75) is 26.3 Å². The van der Waals surface area contributed by atoms with Gasteiger partial charge in [-0.3, -0.25) is 4.79 Å². The second kappa shape index (κ2) is 9.08. The van der Waals surface area contributed by atoms with Gasteiger partial charge in [0.1, 0.15) is 0 Å². The van der Waals surface area contributed by atoms with E-state index in [1.54, 1.807) is 25.3 Å². The molecule has 0 bridgehead atoms. The molecular formula is C23H25NO3. The fraction of sp³-hybridized carbons (Fsp3) is 0.261. The summed E-state index contributed by atoms with van der Waals surface area (Å²) >= 11 is 0. The van der Waals surface area contributed by atoms with Crippen LogP contribution in [0.1, 0.15) is 35.7 Å². The number of carbonyl (C=O) groups is 1. The molecule has 4 heteroatoms. The van der Waals surface area contributed by atoms with E-state index in [1.807, 2.05) is 24.3 Å². The molecule has 0 heterocycles. The summed E-state index contributed by atoms with van der Waals surface area (Å²) in [5, 5.41) is 5.31. The highest BCUT2D eigenvalue weighted by Crippen LogP contribution is 2.28. The van der Waals surface area contributed by atoms with E-state index in [2.05, 4.69) is 30.4 Å². The van der Waals surface area contributed by atoms with Gasteiger partial charge in [-0.2, -0.15) is 0 Å². The van der Waals surface area contributed by atoms with Crippen LogP contribution in [0, 0.1) is 0 Å². The number of methoxy groups -OCH3 is 1. The molecule has 1 amide bonds. The second-order valence-corrected chi connectivity index (χ2v) is 6.39. The van der Waals surface area contributed by atoms with Gasteiger partial charge >= 0.3 is 0 Å². The number of unbranched alkanes of at least 4 members (excludes halogenated alkanes) is 1. The average Bonchev–Trinajstić information content (AvgIpc) is 2.72. The van der Waals surface area contributed by atoms with Crippen LogP contribution in [-0.2, 0) is 6.54 Å². The van der Waals surface area contributed by atoms with Crippen molar-refractivity contribution in [2.24, 2.45) is 0 Å². The summed E-state index contributed by atoms with van der Waals surface area (Å²) in [5.74, 6) is 1.10. The number of carbonyl (C=O) groups excluding carboxylic acids is 1. The van der Waals surface area contributed by atoms with Crippen LogP contribution < -0.4 is 14.8 Å². The Morgan fingerprint density at radius 3 is 2.63 bits per heavy atom. The Balaban J connectivity index is 1.70. The molecule has 0 spiro atoms. The van der Waals surface area contributed by atoms with Crippen LogP contribution in [0.2, 0.25) is 0 Å². The van der Waals surface area contributed by atoms with Gasteiger partial charge in [-0.15, -0.1) is 0 Å². The number of rotatable bonds is 8. The lowest BCUT2D eigenvalue weighted by molar-refractivity contribution is 0.0950. The zero-order valence-electron chi connectivity index (χ0n) is 15.8. The summed E-state index contributed by atoms with van der Waals surface area (Å²) in [4.78, 5) is 12.6. The summed E-state index contributed by atoms with van der Waals surface area (Å²) in [6.45, 7) is 3.22. The molecule has 1 N–H and O–H groups in total. The van der Waals surface area contributed by atoms with Crippen molar-refractivity contribution in [3.63, 3.8) is 0 Å². The Hall–Kier alpha value is -3.01. The van der Waals surface area contributed by atoms with Crippen molar-refractivity contribution in [1.82, 2.24) is 5.32 Å². The lowest BCUT2D eigenvalue weighted by Crippen LogP contribution is -2.23. The topological polar surface area (TPSA) is 47.6 Å². The molecule has 27 heavy (non-hydrogen) atoms. The Bertz CT molecular complexity index is 915. The van der Waals surface area contributed by atoms with Gasteiger partial charge in [0.2, 0.25) is 0 Å². The Morgan fingerprint density at radius 1 is 1.00 bits per heavy atom. The molecule has 0 atom stereocenters. The second-order valence-electron chi connectivity index (χ2n) is 6.39. The minimum Gasteiger partial charge on any atom is -0.493 e. The lowest BCUT2D eigenvalue weighted by Gasteiger charge is -2.12. The van der Waals surface area contributed by atoms with E-state index in [-0.39, 0.29) is 5.91 Å². The molecule has 0 aliphatic heterocycles. The molecular weight excluding hydrogens is 338 g/mol. The highest BCUT2D eigenvalue weighted by molar-refractivity contribution is 5.95. The van der Waals surface area contributed by atoms with E-state index in [1.165, 1.54) is 5.39 Å². The highest BCUT2D eigenvalue weighted by atomic mass is 16.5. The van der Waals surface area contributed by atoms with Crippen LogP contribution in [0.25, 0.3) is 10.8 Å². The molecule has 140 valence electrons. The molecule has 0 unspecified atom stereocenters. The number of fused-ring (bicyclic) bond motifs is 1. The molecule has 0 saturated heterocycles. The molecule has 0 aliphatic carbocycles. The quantitative estimate of drug-likeness (QED) is 0.576. The van der Waals surface area contributed by atoms with Gasteiger partial charge in [0.25, 0.3) is 5.91 Å². The summed E-state index contributed by atoms with van der Waals surface area (Å²) in [6.07, 6.45) is 2.05. The molecule has 0 radical (unpaired) electrons. The normalized spacial score (nSPS) is 10.6. The molecule has 0 fully saturated rings. The van der Waals surface area contributed by atoms with Gasteiger partial charge in [0.05, 0.1) is 13.7 Å². The van der Waals surface area contributed by atoms with Crippen LogP contribution in [0.3, 0.4) is 0 Å². The van der Waals surface area contributed by atoms with E-state index in [0.29, 0.717) is 30.2 Å². The first-order valence-corrected chi connectivity index (χ1v) is 9.28. The van der Waals surface area contributed by atoms with Crippen molar-refractivity contribution < 1.29 is 14.3 Å². The molecule has 4 nitrogen and oxygen atoms in total. The summed E-state index contributed by atoms with van der Waals surface area (Å²) in [6, 6.07) is 19.6. The number of benzene rings is 3. The molecule has 3 aromatic rings. The molecule has 0 aliphatic rings. The van der Waals surface area contributed by atoms with Crippen molar-refractivity contribution in [3.05, 3.63) is 71.8 Å². The smallest absolute Gasteiger partial charge is 0.251 e. The Kier molecular flexibility index (Phi) is 6.31. The maximum Gasteiger partial charge on any atom is 0.251 e. The van der Waals surface area contributed by atoms with Crippen LogP contribution in [0.4, 0.5) is 0 Å². The van der Waals surface area contributed by atoms with Gasteiger partial charge in [0, 0.05) is 12.1 Å². The van der Waals surface area contributed by atoms with Crippen molar-refractivity contribution in [1.29, 1.82) is 0 Å². The zero-order chi connectivity index (χ0) is 19.1. The van der Waals surface area contributed by atoms with Gasteiger partial charge < -0.3 is 14.8 Å². The predicted molar refractivity (Wildman–Crippen MR) is 109 cm³/mol. The number of amides is 1. The van der Waals surface area contributed by atoms with Crippen molar-refractivity contribution in [3.8, 4) is 11.5 Å². The van der Waals surface area contributed by atoms with Gasteiger partial charge in [0.15, 0.2) is 11.5 Å². The van der Waals surface area contributed by atoms with Crippen LogP contribution >= 0.6 is 0 Å². The number of nitrogens with one attached hydrogen (secondary N) is 1. The largest absolute Gasteiger partial charge is 0.493 e. The molecule has 0 aromatic heterocycles. The van der Waals surface area contributed by atoms with Crippen molar-refractivity contribution in [2.75, 3.05) is 13.7 Å². The number of ether oxygens (including phenoxy) is 2. The SMILES string of the molecule is CCCCOc1ccc(C(=O)NCc2cccc3ccccc23)cc1OC. The van der Waals surface area contributed by atoms with Gasteiger partial charge in [-0.1, -0.05) is 55.8 Å². The first-order chi connectivity index (χ1) is 13.2. The van der Waals surface area contributed by atoms with E-state index in [0.717, 1.165) is 23.8 Å². The third-order valence-corrected chi connectivity index (χ3v) is 4.50. The highest BCUT2D eigenvalue weighted by Gasteiger charge is 2.11. The number of hydrogen-bond acceptors (Lipinski definition) is 3. The minimum absolute atomic E-state index is 0.138. The predicted octanol–water partition coefficient (Wildman–Crippen LogP) is 4.96. The maximum absolute atomic E-state index is 12.6. The zero-order valence-corrected chi connectivity index (χ0v) is 15.8. The van der Waals surface area contributed by atoms with Crippen LogP contribution in [0.15, 0.2) is 60.7 Å². The first kappa shape index (κ1) is 18.8. The summed E-state index contributed by atoms with van der Waals surface area (Å²) in [5.41, 5.74) is 1.64. The first-order valence-electron chi connectivity index (χ1n) is 9.28. The Morgan fingerprint density at radius 2 is 1.81 bits per heavy atom. The summed E-state index contributed by atoms with van der Waals surface area (Å²) < 4.78 is 11.1. The van der Waals surface area contributed by atoms with Gasteiger partial charge in [-0.05, 0) is 41.0 Å². The Labute approximate surface area is 160 Å². The third-order valence-electron chi connectivity index (χ3n) is 4.50. The monoisotopic (exact) mass is 363 g/mol. The van der Waals surface area contributed by atoms with Crippen molar-refractivity contribution >= 4 is 16.7 Å². The van der Waals surface area contributed by atoms with Crippen LogP contribution in [-0.4, -0.2) is 19.6 Å². The average molecular weight is 363 g/mol. The minimum atomic E-state index is -0.138. The van der Waals surface area contributed by atoms with Gasteiger partial charge in [-0.25, -0.2) is 0 Å². The fourth-order valence-electron chi connectivity index (χ4n) is 2.98. The van der Waals surface area contributed by atoms with E-state index in [9.17, 15) is 4.79 Å². The number of hydrogen-bond donors (Lipinski definition) is 1. The standard InChI is InChI=1S/C23H25NO3/c1-3-4-14-27-21-13-12-18(15-22(21)26-2)23(25)24-16-19-10-7-9-17-8-5-6-11-20(17)19/h5-13,15H,3-4,14,16H2,1-2H3,(H,24,25). The third kappa shape index (κ3) is 4.59. The maximum atomic E-state index is 12.6. The summed E-state index contributed by atoms with van der Waals surface area (Å²) in [7, 11) is 1.58. The fourth-order valence-corrected chi connectivity index (χ4v) is 2.98. The van der Waals surface area contributed by atoms with E-state index >= 15 is 0 Å². The van der Waals surface area contributed by atoms with E-state index in [4.69, 9.17) is 9.47 Å². The lowest BCUT2D eigenvalue weighted by atomic mass is 10.0. The molecule has 0 saturated carbocycles. The molecule has 3 aromatic carbocycles.